The molecular formula is C33H60O3Si2. The zero-order chi connectivity index (χ0) is 28.1. The smallest absolute Gasteiger partial charge is 0.295 e. The molecule has 0 N–H and O–H groups in total. The van der Waals surface area contributed by atoms with Crippen LogP contribution in [0, 0.1) is 46.3 Å². The maximum absolute atomic E-state index is 12.5. The van der Waals surface area contributed by atoms with Gasteiger partial charge in [0.05, 0.1) is 5.92 Å². The molecule has 3 nitrogen and oxygen atoms in total. The molecule has 218 valence electrons. The molecule has 0 aromatic heterocycles. The van der Waals surface area contributed by atoms with Crippen molar-refractivity contribution in [3.63, 3.8) is 0 Å². The van der Waals surface area contributed by atoms with Crippen molar-refractivity contribution in [1.82, 2.24) is 0 Å². The first kappa shape index (κ1) is 30.6. The lowest BCUT2D eigenvalue weighted by Gasteiger charge is -2.58. The third-order valence-corrected chi connectivity index (χ3v) is 13.3. The largest absolute Gasteiger partial charge is 0.520 e. The number of hydrogen-bond acceptors (Lipinski definition) is 3. The predicted molar refractivity (Wildman–Crippen MR) is 165 cm³/mol. The lowest BCUT2D eigenvalue weighted by molar-refractivity contribution is -0.139. The van der Waals surface area contributed by atoms with Crippen molar-refractivity contribution in [3.8, 4) is 0 Å². The number of allylic oxidation sites excluding steroid dienone is 1. The third-order valence-electron chi connectivity index (χ3n) is 11.4. The number of hydrogen-bond donors (Lipinski definition) is 0. The summed E-state index contributed by atoms with van der Waals surface area (Å²) in [6.07, 6.45) is 17.3. The van der Waals surface area contributed by atoms with Crippen LogP contribution in [-0.4, -0.2) is 28.7 Å². The van der Waals surface area contributed by atoms with Gasteiger partial charge >= 0.3 is 0 Å². The molecule has 5 heteroatoms. The number of carbonyl (C=O) groups is 1. The molecule has 0 heterocycles. The van der Waals surface area contributed by atoms with Crippen LogP contribution in [0.15, 0.2) is 11.6 Å². The molecule has 0 saturated heterocycles. The Balaban J connectivity index is 1.36. The molecule has 0 aliphatic heterocycles. The number of carbonyl (C=O) groups excluding carboxylic acids is 1. The Morgan fingerprint density at radius 1 is 0.947 bits per heavy atom. The normalized spacial score (nSPS) is 38.9. The number of fused-ring (bicyclic) bond motifs is 5. The van der Waals surface area contributed by atoms with Crippen molar-refractivity contribution in [2.24, 2.45) is 46.3 Å². The van der Waals surface area contributed by atoms with Crippen LogP contribution in [0.1, 0.15) is 98.3 Å². The Bertz CT molecular complexity index is 886. The molecule has 0 amide bonds. The second kappa shape index (κ2) is 11.1. The van der Waals surface area contributed by atoms with Gasteiger partial charge in [-0.05, 0) is 137 Å². The first-order valence-electron chi connectivity index (χ1n) is 16.1. The van der Waals surface area contributed by atoms with Gasteiger partial charge in [0.25, 0.3) is 5.97 Å². The minimum Gasteiger partial charge on any atom is -0.520 e. The first-order chi connectivity index (χ1) is 17.5. The maximum Gasteiger partial charge on any atom is 0.295 e. The van der Waals surface area contributed by atoms with E-state index in [9.17, 15) is 4.79 Å². The highest BCUT2D eigenvalue weighted by atomic mass is 28.4. The van der Waals surface area contributed by atoms with Gasteiger partial charge in [0.2, 0.25) is 8.32 Å². The summed E-state index contributed by atoms with van der Waals surface area (Å²) < 4.78 is 12.3. The summed E-state index contributed by atoms with van der Waals surface area (Å²) in [6, 6.07) is 0. The Kier molecular flexibility index (Phi) is 8.94. The Morgan fingerprint density at radius 3 is 2.32 bits per heavy atom. The van der Waals surface area contributed by atoms with Crippen molar-refractivity contribution in [3.05, 3.63) is 11.6 Å². The second-order valence-corrected chi connectivity index (χ2v) is 25.3. The summed E-state index contributed by atoms with van der Waals surface area (Å²) in [6.45, 7) is 23.2. The highest BCUT2D eigenvalue weighted by Gasteiger charge is 2.59. The van der Waals surface area contributed by atoms with E-state index in [0.717, 1.165) is 42.4 Å². The van der Waals surface area contributed by atoms with Crippen LogP contribution in [0.25, 0.3) is 0 Å². The maximum atomic E-state index is 12.5. The molecule has 0 aromatic carbocycles. The van der Waals surface area contributed by atoms with E-state index in [-0.39, 0.29) is 11.9 Å². The molecule has 3 saturated carbocycles. The molecule has 5 unspecified atom stereocenters. The van der Waals surface area contributed by atoms with Crippen molar-refractivity contribution >= 4 is 22.6 Å². The highest BCUT2D eigenvalue weighted by Crippen LogP contribution is 2.67. The van der Waals surface area contributed by atoms with Crippen molar-refractivity contribution in [2.45, 2.75) is 144 Å². The van der Waals surface area contributed by atoms with E-state index in [2.05, 4.69) is 73.1 Å². The molecule has 0 spiro atoms. The number of rotatable bonds is 9. The van der Waals surface area contributed by atoms with E-state index >= 15 is 0 Å². The molecular weight excluding hydrogens is 501 g/mol. The van der Waals surface area contributed by atoms with Crippen LogP contribution in [0.4, 0.5) is 0 Å². The van der Waals surface area contributed by atoms with Crippen molar-refractivity contribution in [2.75, 3.05) is 0 Å². The standard InChI is InChI=1S/C33H60O3Si2/c1-23(12-11-13-24(2)31(34)36-38(8,9)10)28-16-17-29-27-15-14-25-22-26(35-37(5,6)7)18-20-32(25,3)30(27)19-21-33(28,29)4/h14,23-24,26-30H,11-13,15-22H2,1-10H3/t23?,24?,26-,27?,28+,29?,30?,32-,33+/m0/s1. The fraction of sp³-hybridized carbons (Fsp3) is 0.909. The monoisotopic (exact) mass is 560 g/mol. The van der Waals surface area contributed by atoms with Gasteiger partial charge in [-0.2, -0.15) is 0 Å². The van der Waals surface area contributed by atoms with Gasteiger partial charge in [0.1, 0.15) is 0 Å². The van der Waals surface area contributed by atoms with Gasteiger partial charge in [0.15, 0.2) is 8.32 Å². The van der Waals surface area contributed by atoms with Crippen molar-refractivity contribution in [1.29, 1.82) is 0 Å². The summed E-state index contributed by atoms with van der Waals surface area (Å²) in [5, 5.41) is 0. The van der Waals surface area contributed by atoms with Crippen LogP contribution in [0.2, 0.25) is 39.3 Å². The quantitative estimate of drug-likeness (QED) is 0.208. The van der Waals surface area contributed by atoms with E-state index in [0.29, 0.717) is 16.9 Å². The molecule has 4 aliphatic rings. The van der Waals surface area contributed by atoms with E-state index in [1.165, 1.54) is 57.8 Å². The highest BCUT2D eigenvalue weighted by molar-refractivity contribution is 6.71. The molecule has 0 bridgehead atoms. The van der Waals surface area contributed by atoms with E-state index < -0.39 is 16.6 Å². The molecule has 0 aromatic rings. The van der Waals surface area contributed by atoms with Gasteiger partial charge in [0, 0.05) is 6.10 Å². The molecule has 4 aliphatic carbocycles. The van der Waals surface area contributed by atoms with Gasteiger partial charge < -0.3 is 8.85 Å². The van der Waals surface area contributed by atoms with Crippen LogP contribution >= 0.6 is 0 Å². The molecule has 0 radical (unpaired) electrons. The molecule has 3 fully saturated rings. The summed E-state index contributed by atoms with van der Waals surface area (Å²) >= 11 is 0. The topological polar surface area (TPSA) is 35.5 Å². The summed E-state index contributed by atoms with van der Waals surface area (Å²) in [4.78, 5) is 12.5. The Morgan fingerprint density at radius 2 is 1.66 bits per heavy atom. The minimum atomic E-state index is -1.80. The molecule has 38 heavy (non-hydrogen) atoms. The fourth-order valence-electron chi connectivity index (χ4n) is 9.67. The van der Waals surface area contributed by atoms with E-state index in [1.807, 2.05) is 0 Å². The zero-order valence-electron chi connectivity index (χ0n) is 26.6. The van der Waals surface area contributed by atoms with Gasteiger partial charge in [-0.15, -0.1) is 0 Å². The van der Waals surface area contributed by atoms with Crippen LogP contribution in [0.5, 0.6) is 0 Å². The SMILES string of the molecule is CC(CCCC(C)[C@H]1CCC2C3CC=C4C[C@@H](O[Si](C)(C)C)CC[C@]4(C)C3CC[C@@]21C)C(=O)O[Si](C)(C)C. The van der Waals surface area contributed by atoms with E-state index in [4.69, 9.17) is 8.85 Å². The van der Waals surface area contributed by atoms with Gasteiger partial charge in [-0.1, -0.05) is 52.2 Å². The summed E-state index contributed by atoms with van der Waals surface area (Å²) in [5.41, 5.74) is 2.66. The van der Waals surface area contributed by atoms with Crippen LogP contribution in [0.3, 0.4) is 0 Å². The van der Waals surface area contributed by atoms with Gasteiger partial charge in [-0.25, -0.2) is 0 Å². The van der Waals surface area contributed by atoms with Gasteiger partial charge in [-0.3, -0.25) is 4.79 Å². The first-order valence-corrected chi connectivity index (χ1v) is 23.0. The Labute approximate surface area is 237 Å². The molecule has 9 atom stereocenters. The zero-order valence-corrected chi connectivity index (χ0v) is 28.6. The van der Waals surface area contributed by atoms with E-state index in [1.54, 1.807) is 5.57 Å². The van der Waals surface area contributed by atoms with Crippen molar-refractivity contribution < 1.29 is 13.6 Å². The average Bonchev–Trinajstić information content (AvgIpc) is 3.14. The predicted octanol–water partition coefficient (Wildman–Crippen LogP) is 9.61. The van der Waals surface area contributed by atoms with Crippen LogP contribution < -0.4 is 0 Å². The fourth-order valence-corrected chi connectivity index (χ4v) is 11.7. The third kappa shape index (κ3) is 6.40. The van der Waals surface area contributed by atoms with Crippen LogP contribution in [-0.2, 0) is 13.6 Å². The summed E-state index contributed by atoms with van der Waals surface area (Å²) in [7, 11) is -3.28. The average molecular weight is 561 g/mol. The minimum absolute atomic E-state index is 0.0299. The Hall–Kier alpha value is -0.396. The summed E-state index contributed by atoms with van der Waals surface area (Å²) in [5.74, 6) is 4.31. The lowest BCUT2D eigenvalue weighted by atomic mass is 9.47. The second-order valence-electron chi connectivity index (χ2n) is 16.4. The molecule has 4 rings (SSSR count). The lowest BCUT2D eigenvalue weighted by Crippen LogP contribution is -2.51.